The van der Waals surface area contributed by atoms with E-state index >= 15 is 0 Å². The Hall–Kier alpha value is -0.240. The van der Waals surface area contributed by atoms with E-state index < -0.39 is 0 Å². The normalized spacial score (nSPS) is 12.4. The summed E-state index contributed by atoms with van der Waals surface area (Å²) in [5.74, 6) is 0.399. The SMILES string of the molecule is CC(C)(C)O/N=C/CCl. The van der Waals surface area contributed by atoms with Crippen LogP contribution >= 0.6 is 11.6 Å². The Kier molecular flexibility index (Phi) is 3.62. The van der Waals surface area contributed by atoms with Gasteiger partial charge in [-0.15, -0.1) is 11.6 Å². The van der Waals surface area contributed by atoms with Gasteiger partial charge in [0.1, 0.15) is 5.60 Å². The van der Waals surface area contributed by atoms with Crippen LogP contribution in [0.3, 0.4) is 0 Å². The lowest BCUT2D eigenvalue weighted by atomic mass is 10.2. The Morgan fingerprint density at radius 2 is 2.11 bits per heavy atom. The minimum Gasteiger partial charge on any atom is -0.390 e. The highest BCUT2D eigenvalue weighted by molar-refractivity contribution is 6.24. The Labute approximate surface area is 60.8 Å². The average Bonchev–Trinajstić information content (AvgIpc) is 1.63. The third kappa shape index (κ3) is 7.76. The molecule has 0 radical (unpaired) electrons. The zero-order chi connectivity index (χ0) is 7.33. The van der Waals surface area contributed by atoms with E-state index in [2.05, 4.69) is 5.16 Å². The van der Waals surface area contributed by atoms with E-state index in [1.807, 2.05) is 20.8 Å². The molecule has 0 fully saturated rings. The van der Waals surface area contributed by atoms with E-state index in [1.165, 1.54) is 6.21 Å². The lowest BCUT2D eigenvalue weighted by Crippen LogP contribution is -2.15. The van der Waals surface area contributed by atoms with E-state index in [0.29, 0.717) is 5.88 Å². The maximum absolute atomic E-state index is 5.30. The van der Waals surface area contributed by atoms with Gasteiger partial charge in [0.05, 0.1) is 12.1 Å². The minimum atomic E-state index is -0.206. The molecule has 0 spiro atoms. The lowest BCUT2D eigenvalue weighted by Gasteiger charge is -2.14. The molecule has 0 aromatic carbocycles. The lowest BCUT2D eigenvalue weighted by molar-refractivity contribution is 0.00184. The second kappa shape index (κ2) is 3.72. The highest BCUT2D eigenvalue weighted by atomic mass is 35.5. The van der Waals surface area contributed by atoms with Crippen molar-refractivity contribution in [2.45, 2.75) is 26.4 Å². The van der Waals surface area contributed by atoms with Crippen LogP contribution in [0, 0.1) is 0 Å². The van der Waals surface area contributed by atoms with Gasteiger partial charge in [-0.1, -0.05) is 5.16 Å². The molecule has 0 saturated heterocycles. The molecule has 2 nitrogen and oxygen atoms in total. The topological polar surface area (TPSA) is 21.6 Å². The van der Waals surface area contributed by atoms with Crippen LogP contribution in [0.4, 0.5) is 0 Å². The molecule has 0 aliphatic heterocycles. The summed E-state index contributed by atoms with van der Waals surface area (Å²) in [6, 6.07) is 0. The van der Waals surface area contributed by atoms with E-state index in [4.69, 9.17) is 16.4 Å². The summed E-state index contributed by atoms with van der Waals surface area (Å²) >= 11 is 5.30. The molecule has 54 valence electrons. The fourth-order valence-corrected chi connectivity index (χ4v) is 0.280. The second-order valence-corrected chi connectivity index (χ2v) is 2.95. The van der Waals surface area contributed by atoms with E-state index in [-0.39, 0.29) is 5.60 Å². The smallest absolute Gasteiger partial charge is 0.129 e. The van der Waals surface area contributed by atoms with Crippen LogP contribution in [0.25, 0.3) is 0 Å². The van der Waals surface area contributed by atoms with Gasteiger partial charge in [-0.3, -0.25) is 0 Å². The highest BCUT2D eigenvalue weighted by Gasteiger charge is 2.08. The number of hydrogen-bond donors (Lipinski definition) is 0. The molecular weight excluding hydrogens is 138 g/mol. The fraction of sp³-hybridized carbons (Fsp3) is 0.833. The monoisotopic (exact) mass is 149 g/mol. The summed E-state index contributed by atoms with van der Waals surface area (Å²) in [4.78, 5) is 4.95. The first-order valence-electron chi connectivity index (χ1n) is 2.82. The molecule has 0 amide bonds. The summed E-state index contributed by atoms with van der Waals surface area (Å²) in [5, 5.41) is 3.60. The molecule has 0 aromatic heterocycles. The number of halogens is 1. The first-order valence-corrected chi connectivity index (χ1v) is 3.35. The Morgan fingerprint density at radius 1 is 1.56 bits per heavy atom. The van der Waals surface area contributed by atoms with Gasteiger partial charge in [0, 0.05) is 0 Å². The van der Waals surface area contributed by atoms with Crippen LogP contribution in [0.15, 0.2) is 5.16 Å². The molecule has 0 saturated carbocycles. The van der Waals surface area contributed by atoms with Gasteiger partial charge < -0.3 is 4.84 Å². The van der Waals surface area contributed by atoms with Crippen LogP contribution in [-0.2, 0) is 4.84 Å². The maximum Gasteiger partial charge on any atom is 0.129 e. The Morgan fingerprint density at radius 3 is 2.44 bits per heavy atom. The summed E-state index contributed by atoms with van der Waals surface area (Å²) in [6.45, 7) is 5.79. The Balaban J connectivity index is 3.38. The molecule has 0 aliphatic rings. The molecule has 0 heterocycles. The quantitative estimate of drug-likeness (QED) is 0.335. The zero-order valence-corrected chi connectivity index (χ0v) is 6.77. The molecule has 3 heteroatoms. The first-order chi connectivity index (χ1) is 4.06. The summed E-state index contributed by atoms with van der Waals surface area (Å²) in [6.07, 6.45) is 1.52. The predicted molar refractivity (Wildman–Crippen MR) is 40.1 cm³/mol. The molecule has 0 rings (SSSR count). The van der Waals surface area contributed by atoms with Crippen molar-refractivity contribution >= 4 is 17.8 Å². The van der Waals surface area contributed by atoms with Crippen LogP contribution in [0.5, 0.6) is 0 Å². The Bertz CT molecular complexity index is 95.7. The third-order valence-electron chi connectivity index (χ3n) is 0.470. The van der Waals surface area contributed by atoms with Gasteiger partial charge in [0.15, 0.2) is 0 Å². The van der Waals surface area contributed by atoms with E-state index in [1.54, 1.807) is 0 Å². The van der Waals surface area contributed by atoms with Gasteiger partial charge in [-0.25, -0.2) is 0 Å². The van der Waals surface area contributed by atoms with Crippen molar-refractivity contribution in [3.8, 4) is 0 Å². The molecule has 0 atom stereocenters. The average molecular weight is 150 g/mol. The summed E-state index contributed by atoms with van der Waals surface area (Å²) < 4.78 is 0. The third-order valence-corrected chi connectivity index (χ3v) is 0.608. The van der Waals surface area contributed by atoms with E-state index in [9.17, 15) is 0 Å². The van der Waals surface area contributed by atoms with Gasteiger partial charge in [-0.05, 0) is 20.8 Å². The predicted octanol–water partition coefficient (Wildman–Crippen LogP) is 2.03. The van der Waals surface area contributed by atoms with Gasteiger partial charge in [0.2, 0.25) is 0 Å². The van der Waals surface area contributed by atoms with Crippen molar-refractivity contribution in [3.63, 3.8) is 0 Å². The second-order valence-electron chi connectivity index (χ2n) is 2.65. The van der Waals surface area contributed by atoms with Crippen molar-refractivity contribution in [2.24, 2.45) is 5.16 Å². The minimum absolute atomic E-state index is 0.206. The molecule has 0 aliphatic carbocycles. The van der Waals surface area contributed by atoms with Gasteiger partial charge in [0.25, 0.3) is 0 Å². The van der Waals surface area contributed by atoms with Crippen LogP contribution in [0.2, 0.25) is 0 Å². The molecule has 0 aromatic rings. The standard InChI is InChI=1S/C6H12ClNO/c1-6(2,3)9-8-5-4-7/h5H,4H2,1-3H3/b8-5+. The molecule has 0 unspecified atom stereocenters. The number of hydrogen-bond acceptors (Lipinski definition) is 2. The van der Waals surface area contributed by atoms with E-state index in [0.717, 1.165) is 0 Å². The van der Waals surface area contributed by atoms with Gasteiger partial charge in [-0.2, -0.15) is 0 Å². The van der Waals surface area contributed by atoms with Crippen LogP contribution in [-0.4, -0.2) is 17.7 Å². The first kappa shape index (κ1) is 8.76. The van der Waals surface area contributed by atoms with Crippen LogP contribution < -0.4 is 0 Å². The largest absolute Gasteiger partial charge is 0.390 e. The van der Waals surface area contributed by atoms with Crippen molar-refractivity contribution in [1.82, 2.24) is 0 Å². The number of rotatable bonds is 2. The summed E-state index contributed by atoms with van der Waals surface area (Å²) in [7, 11) is 0. The number of alkyl halides is 1. The highest BCUT2D eigenvalue weighted by Crippen LogP contribution is 2.05. The maximum atomic E-state index is 5.30. The van der Waals surface area contributed by atoms with Gasteiger partial charge >= 0.3 is 0 Å². The summed E-state index contributed by atoms with van der Waals surface area (Å²) in [5.41, 5.74) is -0.206. The van der Waals surface area contributed by atoms with Crippen LogP contribution in [0.1, 0.15) is 20.8 Å². The van der Waals surface area contributed by atoms with Crippen molar-refractivity contribution in [1.29, 1.82) is 0 Å². The molecule has 0 bridgehead atoms. The number of oxime groups is 1. The fourth-order valence-electron chi connectivity index (χ4n) is 0.224. The molecular formula is C6H12ClNO. The molecule has 9 heavy (non-hydrogen) atoms. The molecule has 0 N–H and O–H groups in total. The van der Waals surface area contributed by atoms with Crippen molar-refractivity contribution in [3.05, 3.63) is 0 Å². The number of nitrogens with zero attached hydrogens (tertiary/aromatic N) is 1. The van der Waals surface area contributed by atoms with Crippen molar-refractivity contribution in [2.75, 3.05) is 5.88 Å². The van der Waals surface area contributed by atoms with Crippen molar-refractivity contribution < 1.29 is 4.84 Å². The zero-order valence-electron chi connectivity index (χ0n) is 6.02.